The summed E-state index contributed by atoms with van der Waals surface area (Å²) in [5, 5.41) is 0. The molecule has 27 heavy (non-hydrogen) atoms. The Kier molecular flexibility index (Phi) is 6.72. The molecule has 2 fully saturated rings. The summed E-state index contributed by atoms with van der Waals surface area (Å²) in [7, 11) is 1.55. The van der Waals surface area contributed by atoms with Gasteiger partial charge in [-0.25, -0.2) is 0 Å². The SMILES string of the molecule is COCC(=O)N1CCC([C@@H]2CN(C(C)=O)C[C@H]2COc2ccccc2)CC1. The lowest BCUT2D eigenvalue weighted by molar-refractivity contribution is -0.136. The quantitative estimate of drug-likeness (QED) is 0.765. The van der Waals surface area contributed by atoms with Crippen molar-refractivity contribution in [2.75, 3.05) is 46.5 Å². The van der Waals surface area contributed by atoms with Crippen molar-refractivity contribution in [3.8, 4) is 5.75 Å². The molecule has 0 bridgehead atoms. The number of ether oxygens (including phenoxy) is 2. The van der Waals surface area contributed by atoms with Crippen LogP contribution in [0.4, 0.5) is 0 Å². The number of nitrogens with zero attached hydrogens (tertiary/aromatic N) is 2. The van der Waals surface area contributed by atoms with E-state index < -0.39 is 0 Å². The van der Waals surface area contributed by atoms with E-state index in [1.54, 1.807) is 14.0 Å². The minimum Gasteiger partial charge on any atom is -0.493 e. The molecule has 0 aromatic heterocycles. The number of carbonyl (C=O) groups is 2. The Bertz CT molecular complexity index is 628. The van der Waals surface area contributed by atoms with E-state index in [-0.39, 0.29) is 18.4 Å². The second kappa shape index (κ2) is 9.22. The van der Waals surface area contributed by atoms with E-state index in [1.165, 1.54) is 0 Å². The Morgan fingerprint density at radius 2 is 1.78 bits per heavy atom. The third kappa shape index (κ3) is 5.01. The molecule has 0 aliphatic carbocycles. The normalized spacial score (nSPS) is 23.5. The van der Waals surface area contributed by atoms with Crippen LogP contribution in [0, 0.1) is 17.8 Å². The number of rotatable bonds is 6. The van der Waals surface area contributed by atoms with Gasteiger partial charge in [0.05, 0.1) is 6.61 Å². The molecule has 0 unspecified atom stereocenters. The molecule has 2 atom stereocenters. The van der Waals surface area contributed by atoms with Crippen molar-refractivity contribution in [1.29, 1.82) is 0 Å². The molecule has 1 aromatic rings. The number of para-hydroxylation sites is 1. The minimum absolute atomic E-state index is 0.0664. The minimum atomic E-state index is 0.0664. The Labute approximate surface area is 161 Å². The van der Waals surface area contributed by atoms with E-state index in [4.69, 9.17) is 9.47 Å². The van der Waals surface area contributed by atoms with E-state index in [0.29, 0.717) is 24.4 Å². The van der Waals surface area contributed by atoms with Crippen molar-refractivity contribution < 1.29 is 19.1 Å². The van der Waals surface area contributed by atoms with Crippen molar-refractivity contribution in [2.45, 2.75) is 19.8 Å². The standard InChI is InChI=1S/C21H30N2O4/c1-16(24)23-12-18(14-27-19-6-4-3-5-7-19)20(13-23)17-8-10-22(11-9-17)21(25)15-26-2/h3-7,17-18,20H,8-15H2,1-2H3/t18-,20-/m0/s1. The van der Waals surface area contributed by atoms with Crippen molar-refractivity contribution >= 4 is 11.8 Å². The summed E-state index contributed by atoms with van der Waals surface area (Å²) in [5.74, 6) is 2.35. The predicted molar refractivity (Wildman–Crippen MR) is 102 cm³/mol. The van der Waals surface area contributed by atoms with Crippen LogP contribution in [-0.4, -0.2) is 68.1 Å². The van der Waals surface area contributed by atoms with Crippen LogP contribution in [0.5, 0.6) is 5.75 Å². The average molecular weight is 374 g/mol. The van der Waals surface area contributed by atoms with Gasteiger partial charge in [0.15, 0.2) is 0 Å². The molecule has 0 radical (unpaired) electrons. The fraction of sp³-hybridized carbons (Fsp3) is 0.619. The first-order valence-corrected chi connectivity index (χ1v) is 9.78. The van der Waals surface area contributed by atoms with Crippen LogP contribution in [0.15, 0.2) is 30.3 Å². The van der Waals surface area contributed by atoms with Gasteiger partial charge in [-0.2, -0.15) is 0 Å². The van der Waals surface area contributed by atoms with Gasteiger partial charge in [0, 0.05) is 46.1 Å². The number of hydrogen-bond donors (Lipinski definition) is 0. The molecule has 6 heteroatoms. The summed E-state index contributed by atoms with van der Waals surface area (Å²) in [6.07, 6.45) is 1.96. The van der Waals surface area contributed by atoms with Crippen LogP contribution in [0.2, 0.25) is 0 Å². The molecule has 0 saturated carbocycles. The first kappa shape index (κ1) is 19.7. The van der Waals surface area contributed by atoms with Gasteiger partial charge in [0.25, 0.3) is 0 Å². The fourth-order valence-corrected chi connectivity index (χ4v) is 4.38. The summed E-state index contributed by atoms with van der Waals surface area (Å²) in [5.41, 5.74) is 0. The number of hydrogen-bond acceptors (Lipinski definition) is 4. The number of benzene rings is 1. The molecule has 1 aromatic carbocycles. The number of methoxy groups -OCH3 is 1. The van der Waals surface area contributed by atoms with Crippen LogP contribution in [0.3, 0.4) is 0 Å². The lowest BCUT2D eigenvalue weighted by Gasteiger charge is -2.36. The summed E-state index contributed by atoms with van der Waals surface area (Å²) >= 11 is 0. The van der Waals surface area contributed by atoms with E-state index in [2.05, 4.69) is 0 Å². The Morgan fingerprint density at radius 1 is 1.07 bits per heavy atom. The maximum atomic E-state index is 12.0. The van der Waals surface area contributed by atoms with Gasteiger partial charge in [0.1, 0.15) is 12.4 Å². The zero-order valence-electron chi connectivity index (χ0n) is 16.3. The fourth-order valence-electron chi connectivity index (χ4n) is 4.38. The maximum absolute atomic E-state index is 12.0. The highest BCUT2D eigenvalue weighted by Gasteiger charge is 2.40. The van der Waals surface area contributed by atoms with Crippen LogP contribution < -0.4 is 4.74 Å². The third-order valence-corrected chi connectivity index (χ3v) is 5.91. The molecular weight excluding hydrogens is 344 g/mol. The van der Waals surface area contributed by atoms with E-state index in [9.17, 15) is 9.59 Å². The number of carbonyl (C=O) groups excluding carboxylic acids is 2. The Hall–Kier alpha value is -2.08. The van der Waals surface area contributed by atoms with Crippen molar-refractivity contribution in [3.05, 3.63) is 30.3 Å². The molecule has 6 nitrogen and oxygen atoms in total. The molecule has 2 heterocycles. The van der Waals surface area contributed by atoms with Gasteiger partial charge in [0.2, 0.25) is 11.8 Å². The van der Waals surface area contributed by atoms with Crippen LogP contribution in [-0.2, 0) is 14.3 Å². The van der Waals surface area contributed by atoms with Crippen molar-refractivity contribution in [2.24, 2.45) is 17.8 Å². The second-order valence-corrected chi connectivity index (χ2v) is 7.62. The number of piperidine rings is 1. The molecule has 0 N–H and O–H groups in total. The highest BCUT2D eigenvalue weighted by molar-refractivity contribution is 5.77. The van der Waals surface area contributed by atoms with E-state index in [0.717, 1.165) is 44.8 Å². The number of amides is 2. The van der Waals surface area contributed by atoms with E-state index >= 15 is 0 Å². The lowest BCUT2D eigenvalue weighted by atomic mass is 9.78. The van der Waals surface area contributed by atoms with Crippen LogP contribution in [0.1, 0.15) is 19.8 Å². The molecule has 2 amide bonds. The molecule has 2 saturated heterocycles. The molecule has 3 rings (SSSR count). The zero-order valence-corrected chi connectivity index (χ0v) is 16.3. The maximum Gasteiger partial charge on any atom is 0.248 e. The third-order valence-electron chi connectivity index (χ3n) is 5.91. The van der Waals surface area contributed by atoms with Gasteiger partial charge >= 0.3 is 0 Å². The lowest BCUT2D eigenvalue weighted by Crippen LogP contribution is -2.43. The highest BCUT2D eigenvalue weighted by Crippen LogP contribution is 2.36. The second-order valence-electron chi connectivity index (χ2n) is 7.62. The molecule has 2 aliphatic heterocycles. The molecule has 148 valence electrons. The van der Waals surface area contributed by atoms with Gasteiger partial charge < -0.3 is 19.3 Å². The Morgan fingerprint density at radius 3 is 2.41 bits per heavy atom. The topological polar surface area (TPSA) is 59.1 Å². The Balaban J connectivity index is 1.59. The first-order chi connectivity index (χ1) is 13.1. The summed E-state index contributed by atoms with van der Waals surface area (Å²) in [6, 6.07) is 9.84. The van der Waals surface area contributed by atoms with Gasteiger partial charge in [-0.1, -0.05) is 18.2 Å². The summed E-state index contributed by atoms with van der Waals surface area (Å²) in [4.78, 5) is 27.8. The van der Waals surface area contributed by atoms with Crippen LogP contribution >= 0.6 is 0 Å². The largest absolute Gasteiger partial charge is 0.493 e. The average Bonchev–Trinajstić information content (AvgIpc) is 3.12. The first-order valence-electron chi connectivity index (χ1n) is 9.78. The monoisotopic (exact) mass is 374 g/mol. The highest BCUT2D eigenvalue weighted by atomic mass is 16.5. The van der Waals surface area contributed by atoms with Gasteiger partial charge in [-0.05, 0) is 36.8 Å². The molecule has 2 aliphatic rings. The molecule has 0 spiro atoms. The summed E-state index contributed by atoms with van der Waals surface area (Å²) in [6.45, 7) is 5.53. The van der Waals surface area contributed by atoms with Gasteiger partial charge in [-0.15, -0.1) is 0 Å². The van der Waals surface area contributed by atoms with Crippen LogP contribution in [0.25, 0.3) is 0 Å². The molecular formula is C21H30N2O4. The van der Waals surface area contributed by atoms with Crippen molar-refractivity contribution in [3.63, 3.8) is 0 Å². The van der Waals surface area contributed by atoms with Crippen molar-refractivity contribution in [1.82, 2.24) is 9.80 Å². The van der Waals surface area contributed by atoms with Gasteiger partial charge in [-0.3, -0.25) is 9.59 Å². The number of likely N-dealkylation sites (tertiary alicyclic amines) is 2. The smallest absolute Gasteiger partial charge is 0.248 e. The summed E-state index contributed by atoms with van der Waals surface area (Å²) < 4.78 is 11.0. The predicted octanol–water partition coefficient (Wildman–Crippen LogP) is 2.04. The van der Waals surface area contributed by atoms with E-state index in [1.807, 2.05) is 40.1 Å². The zero-order chi connectivity index (χ0) is 19.2.